The Morgan fingerprint density at radius 1 is 1.32 bits per heavy atom. The standard InChI is InChI=1S/C23H29N3O5/c1-4-16(3)10-6-7-12-18(21(27)25-15-13-17-11-8-9-14-24-17)26-22(28)19-20(31-19)23(29)30-5-2/h4,6-11,14,18-20H,1,5,12-13,15H2,2-3H3,(H,25,27)(H,26,28)/b7-6+,16-10-/t18-,19?,20?/m0/s1. The monoisotopic (exact) mass is 427 g/mol. The molecule has 1 aliphatic heterocycles. The van der Waals surface area contributed by atoms with E-state index >= 15 is 0 Å². The summed E-state index contributed by atoms with van der Waals surface area (Å²) >= 11 is 0. The van der Waals surface area contributed by atoms with Gasteiger partial charge in [0, 0.05) is 24.9 Å². The average molecular weight is 428 g/mol. The highest BCUT2D eigenvalue weighted by atomic mass is 16.6. The van der Waals surface area contributed by atoms with E-state index in [1.165, 1.54) is 0 Å². The molecule has 0 saturated carbocycles. The zero-order chi connectivity index (χ0) is 22.6. The summed E-state index contributed by atoms with van der Waals surface area (Å²) in [5, 5.41) is 5.48. The molecule has 31 heavy (non-hydrogen) atoms. The summed E-state index contributed by atoms with van der Waals surface area (Å²) in [7, 11) is 0. The fraction of sp³-hybridized carbons (Fsp3) is 0.391. The molecule has 0 aliphatic carbocycles. The van der Waals surface area contributed by atoms with Gasteiger partial charge < -0.3 is 20.1 Å². The van der Waals surface area contributed by atoms with E-state index in [1.54, 1.807) is 31.3 Å². The molecule has 2 amide bonds. The van der Waals surface area contributed by atoms with Crippen LogP contribution in [0, 0.1) is 0 Å². The van der Waals surface area contributed by atoms with E-state index in [0.29, 0.717) is 13.0 Å². The molecule has 0 bridgehead atoms. The third-order valence-electron chi connectivity index (χ3n) is 4.50. The van der Waals surface area contributed by atoms with Crippen molar-refractivity contribution >= 4 is 17.8 Å². The maximum absolute atomic E-state index is 12.7. The van der Waals surface area contributed by atoms with E-state index in [1.807, 2.05) is 31.2 Å². The second kappa shape index (κ2) is 12.4. The van der Waals surface area contributed by atoms with Crippen molar-refractivity contribution in [1.29, 1.82) is 0 Å². The van der Waals surface area contributed by atoms with E-state index < -0.39 is 30.1 Å². The number of nitrogens with one attached hydrogen (secondary N) is 2. The molecule has 166 valence electrons. The van der Waals surface area contributed by atoms with Crippen LogP contribution in [-0.4, -0.2) is 54.2 Å². The van der Waals surface area contributed by atoms with Crippen LogP contribution in [-0.2, 0) is 30.3 Å². The number of nitrogens with zero attached hydrogens (tertiary/aromatic N) is 1. The van der Waals surface area contributed by atoms with Crippen LogP contribution in [0.2, 0.25) is 0 Å². The van der Waals surface area contributed by atoms with Crippen molar-refractivity contribution in [2.24, 2.45) is 0 Å². The molecule has 8 nitrogen and oxygen atoms in total. The largest absolute Gasteiger partial charge is 0.464 e. The lowest BCUT2D eigenvalue weighted by molar-refractivity contribution is -0.144. The molecular weight excluding hydrogens is 398 g/mol. The van der Waals surface area contributed by atoms with Crippen LogP contribution in [0.3, 0.4) is 0 Å². The molecule has 0 spiro atoms. The van der Waals surface area contributed by atoms with Crippen molar-refractivity contribution in [1.82, 2.24) is 15.6 Å². The zero-order valence-electron chi connectivity index (χ0n) is 17.9. The Labute approximate surface area is 182 Å². The number of esters is 1. The Kier molecular flexibility index (Phi) is 9.64. The van der Waals surface area contributed by atoms with Crippen LogP contribution in [0.5, 0.6) is 0 Å². The van der Waals surface area contributed by atoms with Crippen LogP contribution in [0.1, 0.15) is 26.0 Å². The van der Waals surface area contributed by atoms with Crippen LogP contribution in [0.4, 0.5) is 0 Å². The Balaban J connectivity index is 1.93. The second-order valence-corrected chi connectivity index (χ2v) is 6.93. The Hall–Kier alpha value is -3.26. The summed E-state index contributed by atoms with van der Waals surface area (Å²) in [5.41, 5.74) is 1.83. The zero-order valence-corrected chi connectivity index (χ0v) is 17.9. The molecule has 8 heteroatoms. The predicted octanol–water partition coefficient (Wildman–Crippen LogP) is 1.63. The molecule has 2 unspecified atom stereocenters. The first-order valence-corrected chi connectivity index (χ1v) is 10.2. The van der Waals surface area contributed by atoms with Gasteiger partial charge in [0.05, 0.1) is 6.61 Å². The summed E-state index contributed by atoms with van der Waals surface area (Å²) in [6, 6.07) is 4.78. The molecule has 1 aromatic rings. The van der Waals surface area contributed by atoms with Crippen LogP contribution < -0.4 is 10.6 Å². The fourth-order valence-electron chi connectivity index (χ4n) is 2.69. The Morgan fingerprint density at radius 2 is 2.13 bits per heavy atom. The van der Waals surface area contributed by atoms with Gasteiger partial charge in [-0.3, -0.25) is 14.6 Å². The molecule has 0 radical (unpaired) electrons. The van der Waals surface area contributed by atoms with Gasteiger partial charge in [0.15, 0.2) is 12.2 Å². The van der Waals surface area contributed by atoms with Gasteiger partial charge in [0.2, 0.25) is 5.91 Å². The summed E-state index contributed by atoms with van der Waals surface area (Å²) in [6.07, 6.45) is 7.84. The highest BCUT2D eigenvalue weighted by molar-refractivity contribution is 5.95. The molecule has 2 rings (SSSR count). The van der Waals surface area contributed by atoms with Crippen LogP contribution >= 0.6 is 0 Å². The summed E-state index contributed by atoms with van der Waals surface area (Å²) in [6.45, 7) is 7.85. The first-order chi connectivity index (χ1) is 15.0. The number of carbonyl (C=O) groups is 3. The quantitative estimate of drug-likeness (QED) is 0.298. The SMILES string of the molecule is C=C/C(C)=C\C=C\C[C@H](NC(=O)C1OC1C(=O)OCC)C(=O)NCCc1ccccn1. The van der Waals surface area contributed by atoms with E-state index in [0.717, 1.165) is 11.3 Å². The van der Waals surface area contributed by atoms with Gasteiger partial charge in [-0.25, -0.2) is 4.79 Å². The Morgan fingerprint density at radius 3 is 2.81 bits per heavy atom. The summed E-state index contributed by atoms with van der Waals surface area (Å²) in [5.74, 6) is -1.43. The molecule has 1 aliphatic rings. The van der Waals surface area contributed by atoms with Gasteiger partial charge in [0.25, 0.3) is 5.91 Å². The number of hydrogen-bond donors (Lipinski definition) is 2. The van der Waals surface area contributed by atoms with Gasteiger partial charge in [0.1, 0.15) is 6.04 Å². The lowest BCUT2D eigenvalue weighted by atomic mass is 10.1. The van der Waals surface area contributed by atoms with Gasteiger partial charge in [-0.2, -0.15) is 0 Å². The van der Waals surface area contributed by atoms with Crippen LogP contribution in [0.15, 0.2) is 60.9 Å². The number of rotatable bonds is 12. The van der Waals surface area contributed by atoms with Crippen molar-refractivity contribution in [3.8, 4) is 0 Å². The number of aromatic nitrogens is 1. The molecule has 1 aromatic heterocycles. The molecule has 1 saturated heterocycles. The maximum atomic E-state index is 12.7. The third-order valence-corrected chi connectivity index (χ3v) is 4.50. The van der Waals surface area contributed by atoms with Gasteiger partial charge >= 0.3 is 5.97 Å². The smallest absolute Gasteiger partial charge is 0.338 e. The molecule has 3 atom stereocenters. The highest BCUT2D eigenvalue weighted by Crippen LogP contribution is 2.23. The van der Waals surface area contributed by atoms with E-state index in [9.17, 15) is 14.4 Å². The van der Waals surface area contributed by atoms with Gasteiger partial charge in [-0.1, -0.05) is 42.5 Å². The van der Waals surface area contributed by atoms with Crippen molar-refractivity contribution in [3.63, 3.8) is 0 Å². The molecule has 2 heterocycles. The number of allylic oxidation sites excluding steroid dienone is 4. The minimum absolute atomic E-state index is 0.205. The van der Waals surface area contributed by atoms with E-state index in [4.69, 9.17) is 9.47 Å². The van der Waals surface area contributed by atoms with Crippen molar-refractivity contribution in [2.75, 3.05) is 13.2 Å². The lowest BCUT2D eigenvalue weighted by Gasteiger charge is -2.16. The number of epoxide rings is 1. The summed E-state index contributed by atoms with van der Waals surface area (Å²) < 4.78 is 9.97. The van der Waals surface area contributed by atoms with Crippen molar-refractivity contribution < 1.29 is 23.9 Å². The van der Waals surface area contributed by atoms with Gasteiger partial charge in [-0.15, -0.1) is 0 Å². The van der Waals surface area contributed by atoms with E-state index in [2.05, 4.69) is 22.2 Å². The number of hydrogen-bond acceptors (Lipinski definition) is 6. The molecule has 0 aromatic carbocycles. The Bertz CT molecular complexity index is 835. The fourth-order valence-corrected chi connectivity index (χ4v) is 2.69. The number of pyridine rings is 1. The predicted molar refractivity (Wildman–Crippen MR) is 116 cm³/mol. The first-order valence-electron chi connectivity index (χ1n) is 10.2. The highest BCUT2D eigenvalue weighted by Gasteiger charge is 2.52. The molecular formula is C23H29N3O5. The normalized spacial score (nSPS) is 18.8. The van der Waals surface area contributed by atoms with Crippen molar-refractivity contribution in [2.45, 2.75) is 44.9 Å². The lowest BCUT2D eigenvalue weighted by Crippen LogP contribution is -2.48. The van der Waals surface area contributed by atoms with E-state index in [-0.39, 0.29) is 18.9 Å². The maximum Gasteiger partial charge on any atom is 0.338 e. The minimum Gasteiger partial charge on any atom is -0.464 e. The molecule has 2 N–H and O–H groups in total. The summed E-state index contributed by atoms with van der Waals surface area (Å²) in [4.78, 5) is 41.0. The number of carbonyl (C=O) groups excluding carboxylic acids is 3. The second-order valence-electron chi connectivity index (χ2n) is 6.93. The first kappa shape index (κ1) is 24.0. The van der Waals surface area contributed by atoms with Crippen molar-refractivity contribution in [3.05, 3.63) is 66.5 Å². The molecule has 1 fully saturated rings. The minimum atomic E-state index is -0.935. The van der Waals surface area contributed by atoms with Gasteiger partial charge in [-0.05, 0) is 32.4 Å². The van der Waals surface area contributed by atoms with Crippen LogP contribution in [0.25, 0.3) is 0 Å². The topological polar surface area (TPSA) is 110 Å². The number of amides is 2. The number of ether oxygens (including phenoxy) is 2. The average Bonchev–Trinajstić information content (AvgIpc) is 3.57. The third kappa shape index (κ3) is 8.18.